The van der Waals surface area contributed by atoms with Crippen molar-refractivity contribution in [1.29, 1.82) is 0 Å². The van der Waals surface area contributed by atoms with Crippen molar-refractivity contribution in [2.45, 2.75) is 0 Å². The van der Waals surface area contributed by atoms with E-state index in [1.165, 1.54) is 11.3 Å². The van der Waals surface area contributed by atoms with Crippen molar-refractivity contribution in [2.75, 3.05) is 17.2 Å². The molecule has 0 saturated carbocycles. The number of halogens is 1. The molecule has 1 heterocycles. The monoisotopic (exact) mass is 386 g/mol. The fourth-order valence-corrected chi connectivity index (χ4v) is 2.98. The van der Waals surface area contributed by atoms with Crippen LogP contribution in [0.5, 0.6) is 0 Å². The highest BCUT2D eigenvalue weighted by Crippen LogP contribution is 2.26. The summed E-state index contributed by atoms with van der Waals surface area (Å²) in [7, 11) is 0. The van der Waals surface area contributed by atoms with Crippen molar-refractivity contribution in [1.82, 2.24) is 10.3 Å². The molecular formula is C18H15ClN4O2S. The summed E-state index contributed by atoms with van der Waals surface area (Å²) in [5.74, 6) is -0.731. The van der Waals surface area contributed by atoms with Crippen LogP contribution in [-0.4, -0.2) is 23.3 Å². The lowest BCUT2D eigenvalue weighted by molar-refractivity contribution is -0.115. The molecule has 0 saturated heterocycles. The minimum Gasteiger partial charge on any atom is -0.342 e. The third-order valence-corrected chi connectivity index (χ3v) is 4.41. The summed E-state index contributed by atoms with van der Waals surface area (Å²) in [6.45, 7) is -0.140. The summed E-state index contributed by atoms with van der Waals surface area (Å²) in [4.78, 5) is 28.2. The van der Waals surface area contributed by atoms with E-state index >= 15 is 0 Å². The Hall–Kier alpha value is -2.90. The summed E-state index contributed by atoms with van der Waals surface area (Å²) in [6.07, 6.45) is 0. The van der Waals surface area contributed by atoms with Gasteiger partial charge in [0.1, 0.15) is 5.69 Å². The van der Waals surface area contributed by atoms with Crippen LogP contribution >= 0.6 is 22.9 Å². The van der Waals surface area contributed by atoms with E-state index < -0.39 is 5.91 Å². The van der Waals surface area contributed by atoms with Gasteiger partial charge < -0.3 is 16.0 Å². The molecule has 0 aliphatic rings. The summed E-state index contributed by atoms with van der Waals surface area (Å²) >= 11 is 7.36. The number of rotatable bonds is 6. The molecule has 3 aromatic rings. The third-order valence-electron chi connectivity index (χ3n) is 3.32. The first kappa shape index (κ1) is 17.9. The van der Waals surface area contributed by atoms with Crippen LogP contribution in [0.2, 0.25) is 5.02 Å². The number of carbonyl (C=O) groups excluding carboxylic acids is 2. The molecule has 0 spiro atoms. The van der Waals surface area contributed by atoms with Gasteiger partial charge in [-0.1, -0.05) is 41.9 Å². The van der Waals surface area contributed by atoms with E-state index in [0.717, 1.165) is 0 Å². The number of hydrogen-bond acceptors (Lipinski definition) is 5. The van der Waals surface area contributed by atoms with E-state index in [4.69, 9.17) is 11.6 Å². The van der Waals surface area contributed by atoms with E-state index in [-0.39, 0.29) is 18.1 Å². The average Bonchev–Trinajstić information content (AvgIpc) is 3.11. The summed E-state index contributed by atoms with van der Waals surface area (Å²) in [5.41, 5.74) is 1.61. The Bertz CT molecular complexity index is 914. The normalized spacial score (nSPS) is 10.2. The maximum atomic E-state index is 12.1. The molecule has 0 aliphatic carbocycles. The molecule has 2 aromatic carbocycles. The van der Waals surface area contributed by atoms with E-state index in [1.807, 2.05) is 36.4 Å². The zero-order valence-corrected chi connectivity index (χ0v) is 15.1. The SMILES string of the molecule is O=C(CNC(=O)c1csc(Nc2ccccc2Cl)n1)Nc1ccccc1. The summed E-state index contributed by atoms with van der Waals surface area (Å²) < 4.78 is 0. The van der Waals surface area contributed by atoms with Gasteiger partial charge in [-0.25, -0.2) is 4.98 Å². The highest BCUT2D eigenvalue weighted by molar-refractivity contribution is 7.14. The standard InChI is InChI=1S/C18H15ClN4O2S/c19-13-8-4-5-9-14(13)22-18-23-15(11-26-18)17(25)20-10-16(24)21-12-6-2-1-3-7-12/h1-9,11H,10H2,(H,20,25)(H,21,24)(H,22,23). The van der Waals surface area contributed by atoms with E-state index in [0.29, 0.717) is 21.5 Å². The van der Waals surface area contributed by atoms with Crippen molar-refractivity contribution >= 4 is 51.3 Å². The molecule has 3 rings (SSSR count). The Kier molecular flexibility index (Phi) is 5.83. The number of anilines is 3. The number of benzene rings is 2. The molecule has 6 nitrogen and oxygen atoms in total. The second kappa shape index (κ2) is 8.46. The van der Waals surface area contributed by atoms with Gasteiger partial charge in [0.15, 0.2) is 5.13 Å². The maximum absolute atomic E-state index is 12.1. The van der Waals surface area contributed by atoms with Crippen LogP contribution in [0, 0.1) is 0 Å². The molecule has 0 atom stereocenters. The number of nitrogens with one attached hydrogen (secondary N) is 3. The van der Waals surface area contributed by atoms with Gasteiger partial charge in [-0.05, 0) is 24.3 Å². The quantitative estimate of drug-likeness (QED) is 0.599. The van der Waals surface area contributed by atoms with Crippen molar-refractivity contribution in [2.24, 2.45) is 0 Å². The second-order valence-corrected chi connectivity index (χ2v) is 6.50. The van der Waals surface area contributed by atoms with Crippen molar-refractivity contribution < 1.29 is 9.59 Å². The van der Waals surface area contributed by atoms with E-state index in [2.05, 4.69) is 20.9 Å². The van der Waals surface area contributed by atoms with Crippen molar-refractivity contribution in [3.63, 3.8) is 0 Å². The van der Waals surface area contributed by atoms with Crippen LogP contribution in [0.3, 0.4) is 0 Å². The molecule has 0 fully saturated rings. The molecule has 2 amide bonds. The first-order valence-electron chi connectivity index (χ1n) is 7.72. The fourth-order valence-electron chi connectivity index (χ4n) is 2.09. The molecule has 1 aromatic heterocycles. The lowest BCUT2D eigenvalue weighted by Gasteiger charge is -2.06. The predicted octanol–water partition coefficient (Wildman–Crippen LogP) is 3.91. The molecule has 26 heavy (non-hydrogen) atoms. The molecule has 0 aliphatic heterocycles. The number of para-hydroxylation sites is 2. The van der Waals surface area contributed by atoms with Gasteiger partial charge in [0.05, 0.1) is 17.3 Å². The molecular weight excluding hydrogens is 372 g/mol. The molecule has 0 bridgehead atoms. The fraction of sp³-hybridized carbons (Fsp3) is 0.0556. The van der Waals surface area contributed by atoms with Gasteiger partial charge in [-0.3, -0.25) is 9.59 Å². The zero-order chi connectivity index (χ0) is 18.4. The lowest BCUT2D eigenvalue weighted by Crippen LogP contribution is -2.33. The van der Waals surface area contributed by atoms with Gasteiger partial charge in [-0.15, -0.1) is 11.3 Å². The van der Waals surface area contributed by atoms with Crippen molar-refractivity contribution in [3.05, 3.63) is 70.7 Å². The largest absolute Gasteiger partial charge is 0.342 e. The smallest absolute Gasteiger partial charge is 0.271 e. The number of carbonyl (C=O) groups is 2. The van der Waals surface area contributed by atoms with Gasteiger partial charge in [-0.2, -0.15) is 0 Å². The number of thiazole rings is 1. The third kappa shape index (κ3) is 4.81. The minimum atomic E-state index is -0.420. The van der Waals surface area contributed by atoms with Crippen LogP contribution in [0.1, 0.15) is 10.5 Å². The van der Waals surface area contributed by atoms with Crippen LogP contribution < -0.4 is 16.0 Å². The van der Waals surface area contributed by atoms with Gasteiger partial charge in [0, 0.05) is 11.1 Å². The average molecular weight is 387 g/mol. The second-order valence-electron chi connectivity index (χ2n) is 5.24. The Morgan fingerprint density at radius 2 is 1.77 bits per heavy atom. The molecule has 3 N–H and O–H groups in total. The van der Waals surface area contributed by atoms with E-state index in [9.17, 15) is 9.59 Å². The number of aromatic nitrogens is 1. The Morgan fingerprint density at radius 1 is 1.04 bits per heavy atom. The predicted molar refractivity (Wildman–Crippen MR) is 104 cm³/mol. The summed E-state index contributed by atoms with van der Waals surface area (Å²) in [5, 5.41) is 11.0. The first-order valence-corrected chi connectivity index (χ1v) is 8.98. The van der Waals surface area contributed by atoms with Crippen LogP contribution in [0.25, 0.3) is 0 Å². The highest BCUT2D eigenvalue weighted by atomic mass is 35.5. The molecule has 0 unspecified atom stereocenters. The van der Waals surface area contributed by atoms with Gasteiger partial charge >= 0.3 is 0 Å². The molecule has 8 heteroatoms. The number of amides is 2. The Balaban J connectivity index is 1.53. The van der Waals surface area contributed by atoms with Gasteiger partial charge in [0.2, 0.25) is 5.91 Å². The topological polar surface area (TPSA) is 83.1 Å². The number of nitrogens with zero attached hydrogens (tertiary/aromatic N) is 1. The number of hydrogen-bond donors (Lipinski definition) is 3. The zero-order valence-electron chi connectivity index (χ0n) is 13.5. The van der Waals surface area contributed by atoms with Crippen LogP contribution in [-0.2, 0) is 4.79 Å². The Morgan fingerprint density at radius 3 is 2.54 bits per heavy atom. The van der Waals surface area contributed by atoms with Crippen LogP contribution in [0.4, 0.5) is 16.5 Å². The highest BCUT2D eigenvalue weighted by Gasteiger charge is 2.13. The molecule has 0 radical (unpaired) electrons. The van der Waals surface area contributed by atoms with Crippen LogP contribution in [0.15, 0.2) is 60.0 Å². The van der Waals surface area contributed by atoms with Crippen molar-refractivity contribution in [3.8, 4) is 0 Å². The minimum absolute atomic E-state index is 0.140. The lowest BCUT2D eigenvalue weighted by atomic mass is 10.3. The summed E-state index contributed by atoms with van der Waals surface area (Å²) in [6, 6.07) is 16.3. The Labute approximate surface area is 159 Å². The van der Waals surface area contributed by atoms with Gasteiger partial charge in [0.25, 0.3) is 5.91 Å². The first-order chi connectivity index (χ1) is 12.6. The molecule has 132 valence electrons. The van der Waals surface area contributed by atoms with E-state index in [1.54, 1.807) is 23.6 Å². The maximum Gasteiger partial charge on any atom is 0.271 e.